The zero-order valence-electron chi connectivity index (χ0n) is 8.97. The fraction of sp³-hybridized carbons (Fsp3) is 1.00. The van der Waals surface area contributed by atoms with Crippen molar-refractivity contribution in [2.45, 2.75) is 39.0 Å². The van der Waals surface area contributed by atoms with Crippen LogP contribution in [0.2, 0.25) is 0 Å². The van der Waals surface area contributed by atoms with Gasteiger partial charge in [-0.05, 0) is 31.7 Å². The SMILES string of the molecule is CCCCN(CCN)CC1CCC1. The zero-order valence-corrected chi connectivity index (χ0v) is 8.97. The summed E-state index contributed by atoms with van der Waals surface area (Å²) in [6.07, 6.45) is 6.98. The Kier molecular flexibility index (Phi) is 5.40. The molecule has 1 aliphatic carbocycles. The maximum absolute atomic E-state index is 5.59. The quantitative estimate of drug-likeness (QED) is 0.654. The molecule has 0 heterocycles. The van der Waals surface area contributed by atoms with Crippen molar-refractivity contribution < 1.29 is 0 Å². The van der Waals surface area contributed by atoms with E-state index in [1.807, 2.05) is 0 Å². The van der Waals surface area contributed by atoms with Gasteiger partial charge in [-0.25, -0.2) is 0 Å². The third-order valence-electron chi connectivity index (χ3n) is 3.01. The Morgan fingerprint density at radius 1 is 1.31 bits per heavy atom. The van der Waals surface area contributed by atoms with E-state index in [0.717, 1.165) is 19.0 Å². The Balaban J connectivity index is 2.11. The summed E-state index contributed by atoms with van der Waals surface area (Å²) in [5.74, 6) is 0.989. The number of nitrogens with zero attached hydrogens (tertiary/aromatic N) is 1. The van der Waals surface area contributed by atoms with Crippen molar-refractivity contribution in [3.05, 3.63) is 0 Å². The first-order chi connectivity index (χ1) is 6.36. The van der Waals surface area contributed by atoms with Crippen LogP contribution in [0.15, 0.2) is 0 Å². The van der Waals surface area contributed by atoms with Gasteiger partial charge < -0.3 is 10.6 Å². The van der Waals surface area contributed by atoms with Crippen molar-refractivity contribution in [1.29, 1.82) is 0 Å². The van der Waals surface area contributed by atoms with Gasteiger partial charge in [0.2, 0.25) is 0 Å². The van der Waals surface area contributed by atoms with Gasteiger partial charge in [-0.15, -0.1) is 0 Å². The predicted molar refractivity (Wildman–Crippen MR) is 57.7 cm³/mol. The molecule has 13 heavy (non-hydrogen) atoms. The summed E-state index contributed by atoms with van der Waals surface area (Å²) >= 11 is 0. The minimum absolute atomic E-state index is 0.816. The first kappa shape index (κ1) is 11.0. The molecule has 0 aromatic heterocycles. The molecule has 0 aromatic carbocycles. The Labute approximate surface area is 82.5 Å². The lowest BCUT2D eigenvalue weighted by molar-refractivity contribution is 0.179. The van der Waals surface area contributed by atoms with E-state index in [1.165, 1.54) is 45.2 Å². The van der Waals surface area contributed by atoms with Crippen LogP contribution in [0, 0.1) is 5.92 Å². The van der Waals surface area contributed by atoms with Crippen LogP contribution >= 0.6 is 0 Å². The molecule has 0 aromatic rings. The molecule has 1 saturated carbocycles. The average Bonchev–Trinajstić information content (AvgIpc) is 2.07. The molecule has 0 unspecified atom stereocenters. The lowest BCUT2D eigenvalue weighted by Gasteiger charge is -2.32. The standard InChI is InChI=1S/C11H24N2/c1-2-3-8-13(9-7-12)10-11-5-4-6-11/h11H,2-10,12H2,1H3. The van der Waals surface area contributed by atoms with Crippen molar-refractivity contribution in [3.63, 3.8) is 0 Å². The Morgan fingerprint density at radius 2 is 2.08 bits per heavy atom. The van der Waals surface area contributed by atoms with Gasteiger partial charge in [0, 0.05) is 19.6 Å². The summed E-state index contributed by atoms with van der Waals surface area (Å²) < 4.78 is 0. The first-order valence-corrected chi connectivity index (χ1v) is 5.79. The molecule has 2 heteroatoms. The summed E-state index contributed by atoms with van der Waals surface area (Å²) in [5, 5.41) is 0. The summed E-state index contributed by atoms with van der Waals surface area (Å²) in [6.45, 7) is 6.72. The third-order valence-corrected chi connectivity index (χ3v) is 3.01. The van der Waals surface area contributed by atoms with Crippen molar-refractivity contribution in [3.8, 4) is 0 Å². The molecule has 1 fully saturated rings. The van der Waals surface area contributed by atoms with E-state index in [9.17, 15) is 0 Å². The van der Waals surface area contributed by atoms with E-state index in [1.54, 1.807) is 0 Å². The first-order valence-electron chi connectivity index (χ1n) is 5.79. The minimum atomic E-state index is 0.816. The van der Waals surface area contributed by atoms with Crippen LogP contribution in [0.5, 0.6) is 0 Å². The van der Waals surface area contributed by atoms with Gasteiger partial charge in [0.15, 0.2) is 0 Å². The molecule has 1 aliphatic rings. The second kappa shape index (κ2) is 6.39. The summed E-state index contributed by atoms with van der Waals surface area (Å²) in [6, 6.07) is 0. The van der Waals surface area contributed by atoms with E-state index in [-0.39, 0.29) is 0 Å². The highest BCUT2D eigenvalue weighted by Crippen LogP contribution is 2.26. The van der Waals surface area contributed by atoms with Crippen molar-refractivity contribution in [2.24, 2.45) is 11.7 Å². The molecule has 0 aliphatic heterocycles. The highest BCUT2D eigenvalue weighted by atomic mass is 15.1. The maximum Gasteiger partial charge on any atom is 0.0105 e. The summed E-state index contributed by atoms with van der Waals surface area (Å²) in [5.41, 5.74) is 5.59. The fourth-order valence-corrected chi connectivity index (χ4v) is 1.90. The van der Waals surface area contributed by atoms with Crippen molar-refractivity contribution in [1.82, 2.24) is 4.90 Å². The monoisotopic (exact) mass is 184 g/mol. The second-order valence-electron chi connectivity index (χ2n) is 4.24. The van der Waals surface area contributed by atoms with Crippen LogP contribution in [0.25, 0.3) is 0 Å². The van der Waals surface area contributed by atoms with Gasteiger partial charge in [0.05, 0.1) is 0 Å². The molecule has 0 atom stereocenters. The van der Waals surface area contributed by atoms with E-state index < -0.39 is 0 Å². The Bertz CT molecular complexity index is 121. The molecule has 0 amide bonds. The van der Waals surface area contributed by atoms with E-state index in [2.05, 4.69) is 11.8 Å². The van der Waals surface area contributed by atoms with Crippen LogP contribution in [0.1, 0.15) is 39.0 Å². The Morgan fingerprint density at radius 3 is 2.54 bits per heavy atom. The van der Waals surface area contributed by atoms with E-state index >= 15 is 0 Å². The molecular formula is C11H24N2. The predicted octanol–water partition coefficient (Wildman–Crippen LogP) is 1.85. The molecule has 2 N–H and O–H groups in total. The average molecular weight is 184 g/mol. The van der Waals surface area contributed by atoms with Gasteiger partial charge in [-0.3, -0.25) is 0 Å². The molecule has 1 rings (SSSR count). The highest BCUT2D eigenvalue weighted by molar-refractivity contribution is 4.73. The van der Waals surface area contributed by atoms with Gasteiger partial charge in [-0.2, -0.15) is 0 Å². The Hall–Kier alpha value is -0.0800. The van der Waals surface area contributed by atoms with E-state index in [4.69, 9.17) is 5.73 Å². The molecular weight excluding hydrogens is 160 g/mol. The van der Waals surface area contributed by atoms with Crippen LogP contribution in [0.4, 0.5) is 0 Å². The number of unbranched alkanes of at least 4 members (excludes halogenated alkanes) is 1. The number of nitrogens with two attached hydrogens (primary N) is 1. The van der Waals surface area contributed by atoms with E-state index in [0.29, 0.717) is 0 Å². The fourth-order valence-electron chi connectivity index (χ4n) is 1.90. The number of rotatable bonds is 7. The van der Waals surface area contributed by atoms with Crippen LogP contribution < -0.4 is 5.73 Å². The van der Waals surface area contributed by atoms with Crippen LogP contribution in [-0.4, -0.2) is 31.1 Å². The second-order valence-corrected chi connectivity index (χ2v) is 4.24. The zero-order chi connectivity index (χ0) is 9.52. The summed E-state index contributed by atoms with van der Waals surface area (Å²) in [4.78, 5) is 2.55. The topological polar surface area (TPSA) is 29.3 Å². The minimum Gasteiger partial charge on any atom is -0.329 e. The largest absolute Gasteiger partial charge is 0.329 e. The van der Waals surface area contributed by atoms with Gasteiger partial charge in [-0.1, -0.05) is 19.8 Å². The molecule has 0 spiro atoms. The molecule has 0 bridgehead atoms. The maximum atomic E-state index is 5.59. The number of hydrogen-bond donors (Lipinski definition) is 1. The van der Waals surface area contributed by atoms with Gasteiger partial charge >= 0.3 is 0 Å². The third kappa shape index (κ3) is 4.10. The molecule has 78 valence electrons. The van der Waals surface area contributed by atoms with Crippen LogP contribution in [-0.2, 0) is 0 Å². The normalized spacial score (nSPS) is 17.8. The van der Waals surface area contributed by atoms with Crippen molar-refractivity contribution >= 4 is 0 Å². The molecule has 0 saturated heterocycles. The molecule has 0 radical (unpaired) electrons. The lowest BCUT2D eigenvalue weighted by Crippen LogP contribution is -2.36. The number of hydrogen-bond acceptors (Lipinski definition) is 2. The van der Waals surface area contributed by atoms with Gasteiger partial charge in [0.1, 0.15) is 0 Å². The molecule has 2 nitrogen and oxygen atoms in total. The smallest absolute Gasteiger partial charge is 0.0105 e. The highest BCUT2D eigenvalue weighted by Gasteiger charge is 2.19. The van der Waals surface area contributed by atoms with Crippen LogP contribution in [0.3, 0.4) is 0 Å². The van der Waals surface area contributed by atoms with Gasteiger partial charge in [0.25, 0.3) is 0 Å². The summed E-state index contributed by atoms with van der Waals surface area (Å²) in [7, 11) is 0. The van der Waals surface area contributed by atoms with Crippen molar-refractivity contribution in [2.75, 3.05) is 26.2 Å². The lowest BCUT2D eigenvalue weighted by atomic mass is 9.85.